The van der Waals surface area contributed by atoms with Crippen LogP contribution >= 0.6 is 0 Å². The fourth-order valence-electron chi connectivity index (χ4n) is 1.22. The van der Waals surface area contributed by atoms with Gasteiger partial charge in [-0.1, -0.05) is 19.9 Å². The molecular weight excluding hydrogens is 195 g/mol. The average molecular weight is 210 g/mol. The van der Waals surface area contributed by atoms with Gasteiger partial charge in [0, 0.05) is 0 Å². The zero-order valence-corrected chi connectivity index (χ0v) is 9.21. The number of Topliss-reactive ketones (excluding diaryl/α,β-unsaturated/α-hetero) is 1. The summed E-state index contributed by atoms with van der Waals surface area (Å²) in [6, 6.07) is 4.42. The van der Waals surface area contributed by atoms with E-state index in [4.69, 9.17) is 4.74 Å². The minimum atomic E-state index is -0.524. The van der Waals surface area contributed by atoms with Gasteiger partial charge in [0.1, 0.15) is 11.6 Å². The first-order valence-electron chi connectivity index (χ1n) is 4.94. The Hall–Kier alpha value is -1.38. The predicted octanol–water partition coefficient (Wildman–Crippen LogP) is 3.06. The topological polar surface area (TPSA) is 26.3 Å². The van der Waals surface area contributed by atoms with E-state index in [1.807, 2.05) is 13.8 Å². The second-order valence-corrected chi connectivity index (χ2v) is 3.87. The van der Waals surface area contributed by atoms with Crippen LogP contribution in [0.5, 0.6) is 5.75 Å². The average Bonchev–Trinajstić information content (AvgIpc) is 2.13. The maximum absolute atomic E-state index is 13.3. The monoisotopic (exact) mass is 210 g/mol. The third-order valence-electron chi connectivity index (χ3n) is 1.90. The van der Waals surface area contributed by atoms with Crippen LogP contribution in [0, 0.1) is 11.7 Å². The fourth-order valence-corrected chi connectivity index (χ4v) is 1.22. The molecule has 0 saturated heterocycles. The number of rotatable bonds is 4. The second-order valence-electron chi connectivity index (χ2n) is 3.87. The molecule has 3 heteroatoms. The Labute approximate surface area is 89.1 Å². The summed E-state index contributed by atoms with van der Waals surface area (Å²) in [4.78, 5) is 11.2. The number of benzene rings is 1. The van der Waals surface area contributed by atoms with Gasteiger partial charge in [-0.05, 0) is 25.0 Å². The van der Waals surface area contributed by atoms with Gasteiger partial charge in [0.05, 0.1) is 12.2 Å². The Morgan fingerprint density at radius 2 is 2.13 bits per heavy atom. The molecule has 15 heavy (non-hydrogen) atoms. The van der Waals surface area contributed by atoms with Gasteiger partial charge in [-0.25, -0.2) is 4.39 Å². The number of carbonyl (C=O) groups is 1. The van der Waals surface area contributed by atoms with Crippen molar-refractivity contribution in [1.29, 1.82) is 0 Å². The van der Waals surface area contributed by atoms with Crippen molar-refractivity contribution in [2.45, 2.75) is 20.8 Å². The van der Waals surface area contributed by atoms with Crippen LogP contribution in [0.2, 0.25) is 0 Å². The number of ether oxygens (including phenoxy) is 1. The van der Waals surface area contributed by atoms with Gasteiger partial charge in [-0.3, -0.25) is 4.79 Å². The SMILES string of the molecule is CC(=O)c1c(F)cccc1OCC(C)C. The molecule has 0 aliphatic rings. The summed E-state index contributed by atoms with van der Waals surface area (Å²) in [5.74, 6) is -0.167. The van der Waals surface area contributed by atoms with Gasteiger partial charge in [0.15, 0.2) is 5.78 Å². The lowest BCUT2D eigenvalue weighted by molar-refractivity contribution is 0.100. The van der Waals surface area contributed by atoms with Crippen LogP contribution in [0.15, 0.2) is 18.2 Å². The maximum atomic E-state index is 13.3. The van der Waals surface area contributed by atoms with Crippen LogP contribution in [0.25, 0.3) is 0 Å². The highest BCUT2D eigenvalue weighted by atomic mass is 19.1. The van der Waals surface area contributed by atoms with E-state index in [1.54, 1.807) is 6.07 Å². The van der Waals surface area contributed by atoms with E-state index < -0.39 is 5.82 Å². The molecule has 1 aromatic rings. The summed E-state index contributed by atoms with van der Waals surface area (Å²) in [7, 11) is 0. The minimum absolute atomic E-state index is 0.0400. The van der Waals surface area contributed by atoms with Crippen LogP contribution in [-0.4, -0.2) is 12.4 Å². The molecule has 82 valence electrons. The van der Waals surface area contributed by atoms with Crippen LogP contribution in [-0.2, 0) is 0 Å². The third kappa shape index (κ3) is 3.05. The van der Waals surface area contributed by atoms with Gasteiger partial charge in [-0.2, -0.15) is 0 Å². The lowest BCUT2D eigenvalue weighted by Crippen LogP contribution is -2.08. The minimum Gasteiger partial charge on any atom is -0.492 e. The van der Waals surface area contributed by atoms with E-state index in [1.165, 1.54) is 19.1 Å². The van der Waals surface area contributed by atoms with Crippen molar-refractivity contribution < 1.29 is 13.9 Å². The van der Waals surface area contributed by atoms with E-state index in [0.717, 1.165) is 0 Å². The fraction of sp³-hybridized carbons (Fsp3) is 0.417. The molecule has 2 nitrogen and oxygen atoms in total. The van der Waals surface area contributed by atoms with E-state index >= 15 is 0 Å². The summed E-state index contributed by atoms with van der Waals surface area (Å²) < 4.78 is 18.7. The Morgan fingerprint density at radius 3 is 2.67 bits per heavy atom. The summed E-state index contributed by atoms with van der Waals surface area (Å²) >= 11 is 0. The quantitative estimate of drug-likeness (QED) is 0.714. The highest BCUT2D eigenvalue weighted by Crippen LogP contribution is 2.22. The molecule has 0 unspecified atom stereocenters. The lowest BCUT2D eigenvalue weighted by atomic mass is 10.1. The predicted molar refractivity (Wildman–Crippen MR) is 56.7 cm³/mol. The van der Waals surface area contributed by atoms with E-state index in [0.29, 0.717) is 18.3 Å². The molecule has 0 saturated carbocycles. The second kappa shape index (κ2) is 4.91. The van der Waals surface area contributed by atoms with Crippen molar-refractivity contribution in [3.8, 4) is 5.75 Å². The molecule has 0 bridgehead atoms. The highest BCUT2D eigenvalue weighted by molar-refractivity contribution is 5.97. The first-order valence-corrected chi connectivity index (χ1v) is 4.94. The van der Waals surface area contributed by atoms with Crippen LogP contribution in [0.1, 0.15) is 31.1 Å². The van der Waals surface area contributed by atoms with Gasteiger partial charge in [0.2, 0.25) is 0 Å². The van der Waals surface area contributed by atoms with Crippen LogP contribution in [0.4, 0.5) is 4.39 Å². The molecule has 0 amide bonds. The lowest BCUT2D eigenvalue weighted by Gasteiger charge is -2.11. The number of hydrogen-bond donors (Lipinski definition) is 0. The van der Waals surface area contributed by atoms with E-state index in [9.17, 15) is 9.18 Å². The van der Waals surface area contributed by atoms with Crippen molar-refractivity contribution in [3.63, 3.8) is 0 Å². The Kier molecular flexibility index (Phi) is 3.83. The summed E-state index contributed by atoms with van der Waals surface area (Å²) in [6.07, 6.45) is 0. The normalized spacial score (nSPS) is 10.5. The molecule has 0 spiro atoms. The maximum Gasteiger partial charge on any atom is 0.166 e. The zero-order chi connectivity index (χ0) is 11.4. The van der Waals surface area contributed by atoms with Crippen molar-refractivity contribution in [3.05, 3.63) is 29.6 Å². The first-order chi connectivity index (χ1) is 7.02. The molecule has 0 heterocycles. The zero-order valence-electron chi connectivity index (χ0n) is 9.21. The van der Waals surface area contributed by atoms with Crippen molar-refractivity contribution in [2.75, 3.05) is 6.61 Å². The molecule has 0 aliphatic heterocycles. The smallest absolute Gasteiger partial charge is 0.166 e. The van der Waals surface area contributed by atoms with E-state index in [-0.39, 0.29) is 11.3 Å². The number of ketones is 1. The molecule has 0 atom stereocenters. The summed E-state index contributed by atoms with van der Waals surface area (Å²) in [5.41, 5.74) is 0.0400. The molecule has 0 radical (unpaired) electrons. The summed E-state index contributed by atoms with van der Waals surface area (Å²) in [6.45, 7) is 5.80. The number of carbonyl (C=O) groups excluding carboxylic acids is 1. The molecule has 0 N–H and O–H groups in total. The van der Waals surface area contributed by atoms with Gasteiger partial charge < -0.3 is 4.74 Å². The van der Waals surface area contributed by atoms with Crippen molar-refractivity contribution in [2.24, 2.45) is 5.92 Å². The Bertz CT molecular complexity index is 359. The standard InChI is InChI=1S/C12H15FO2/c1-8(2)7-15-11-6-4-5-10(13)12(11)9(3)14/h4-6,8H,7H2,1-3H3. The van der Waals surface area contributed by atoms with Crippen LogP contribution in [0.3, 0.4) is 0 Å². The van der Waals surface area contributed by atoms with Gasteiger partial charge >= 0.3 is 0 Å². The van der Waals surface area contributed by atoms with Gasteiger partial charge in [-0.15, -0.1) is 0 Å². The van der Waals surface area contributed by atoms with Gasteiger partial charge in [0.25, 0.3) is 0 Å². The van der Waals surface area contributed by atoms with Crippen molar-refractivity contribution in [1.82, 2.24) is 0 Å². The largest absolute Gasteiger partial charge is 0.492 e. The first kappa shape index (κ1) is 11.7. The molecule has 1 aromatic carbocycles. The Morgan fingerprint density at radius 1 is 1.47 bits per heavy atom. The molecule has 0 aliphatic carbocycles. The number of halogens is 1. The molecular formula is C12H15FO2. The molecule has 1 rings (SSSR count). The highest BCUT2D eigenvalue weighted by Gasteiger charge is 2.14. The van der Waals surface area contributed by atoms with Crippen molar-refractivity contribution >= 4 is 5.78 Å². The number of hydrogen-bond acceptors (Lipinski definition) is 2. The molecule has 0 aromatic heterocycles. The summed E-state index contributed by atoms with van der Waals surface area (Å²) in [5, 5.41) is 0. The van der Waals surface area contributed by atoms with Crippen LogP contribution < -0.4 is 4.74 Å². The third-order valence-corrected chi connectivity index (χ3v) is 1.90. The molecule has 0 fully saturated rings. The van der Waals surface area contributed by atoms with E-state index in [2.05, 4.69) is 0 Å². The Balaban J connectivity index is 2.96.